The maximum Gasteiger partial charge on any atom is 0.420 e. The number of ether oxygens (including phenoxy) is 2. The summed E-state index contributed by atoms with van der Waals surface area (Å²) in [6.45, 7) is 0.0662. The van der Waals surface area contributed by atoms with Gasteiger partial charge in [-0.05, 0) is 36.4 Å². The number of halogens is 6. The van der Waals surface area contributed by atoms with Crippen LogP contribution in [0.4, 0.5) is 49.1 Å². The van der Waals surface area contributed by atoms with E-state index >= 15 is 0 Å². The molecule has 0 spiro atoms. The Labute approximate surface area is 271 Å². The number of alkyl halides is 6. The summed E-state index contributed by atoms with van der Waals surface area (Å²) < 4.78 is 93.7. The Balaban J connectivity index is 1.51. The van der Waals surface area contributed by atoms with Crippen molar-refractivity contribution in [2.75, 3.05) is 36.0 Å². The van der Waals surface area contributed by atoms with E-state index in [-0.39, 0.29) is 43.6 Å². The Hall–Kier alpha value is -6.07. The first-order valence-electron chi connectivity index (χ1n) is 14.1. The van der Waals surface area contributed by atoms with E-state index in [4.69, 9.17) is 9.47 Å². The number of anilines is 2. The fourth-order valence-electron chi connectivity index (χ4n) is 5.14. The summed E-state index contributed by atoms with van der Waals surface area (Å²) in [4.78, 5) is 36.5. The van der Waals surface area contributed by atoms with Crippen molar-refractivity contribution in [3.05, 3.63) is 116 Å². The lowest BCUT2D eigenvalue weighted by Gasteiger charge is -2.37. The number of carbonyl (C=O) groups is 1. The second kappa shape index (κ2) is 13.2. The average molecular weight is 693 g/mol. The topological polar surface area (TPSA) is 149 Å². The Morgan fingerprint density at radius 3 is 1.86 bits per heavy atom. The highest BCUT2D eigenvalue weighted by molar-refractivity contribution is 5.92. The molecule has 4 aromatic rings. The minimum Gasteiger partial charge on any atom is -0.478 e. The van der Waals surface area contributed by atoms with Crippen molar-refractivity contribution in [2.45, 2.75) is 12.4 Å². The number of nitro benzene ring substituents is 2. The fourth-order valence-corrected chi connectivity index (χ4v) is 5.14. The maximum absolute atomic E-state index is 14.3. The molecule has 0 aliphatic carbocycles. The lowest BCUT2D eigenvalue weighted by atomic mass is 10.1. The third-order valence-corrected chi connectivity index (χ3v) is 7.44. The smallest absolute Gasteiger partial charge is 0.420 e. The molecule has 1 saturated heterocycles. The predicted molar refractivity (Wildman–Crippen MR) is 161 cm³/mol. The number of para-hydroxylation sites is 3. The van der Waals surface area contributed by atoms with Crippen LogP contribution >= 0.6 is 0 Å². The van der Waals surface area contributed by atoms with Gasteiger partial charge in [0.25, 0.3) is 5.69 Å². The van der Waals surface area contributed by atoms with Crippen molar-refractivity contribution in [1.29, 1.82) is 0 Å². The van der Waals surface area contributed by atoms with Crippen molar-refractivity contribution in [1.82, 2.24) is 0 Å². The molecule has 0 unspecified atom stereocenters. The van der Waals surface area contributed by atoms with Crippen LogP contribution < -0.4 is 19.3 Å². The number of hydrogen-bond donors (Lipinski definition) is 1. The van der Waals surface area contributed by atoms with Crippen molar-refractivity contribution < 1.29 is 55.6 Å². The second-order valence-corrected chi connectivity index (χ2v) is 10.5. The number of hydrogen-bond acceptors (Lipinski definition) is 9. The van der Waals surface area contributed by atoms with Crippen LogP contribution in [0.1, 0.15) is 21.5 Å². The SMILES string of the molecule is O=C(O)c1cccc([N+](=O)[O-])c1Oc1ccccc1Oc1cc(N2CCN(c3cccc(C(F)(F)F)c3)CC2)c([N+](=O)[O-])cc1C(F)(F)F. The highest BCUT2D eigenvalue weighted by Crippen LogP contribution is 2.47. The lowest BCUT2D eigenvalue weighted by molar-refractivity contribution is -0.385. The molecular weight excluding hydrogens is 670 g/mol. The third-order valence-electron chi connectivity index (χ3n) is 7.44. The number of benzene rings is 4. The molecule has 0 saturated carbocycles. The normalized spacial score (nSPS) is 13.6. The summed E-state index contributed by atoms with van der Waals surface area (Å²) in [5.41, 5.74) is -4.75. The van der Waals surface area contributed by atoms with Gasteiger partial charge in [0, 0.05) is 50.1 Å². The molecule has 12 nitrogen and oxygen atoms in total. The van der Waals surface area contributed by atoms with Gasteiger partial charge in [-0.2, -0.15) is 26.3 Å². The number of nitrogens with zero attached hydrogens (tertiary/aromatic N) is 4. The molecule has 49 heavy (non-hydrogen) atoms. The first kappa shape index (κ1) is 34.3. The molecule has 0 amide bonds. The highest BCUT2D eigenvalue weighted by atomic mass is 19.4. The number of carboxylic acid groups (broad SMARTS) is 1. The van der Waals surface area contributed by atoms with Gasteiger partial charge in [-0.1, -0.05) is 24.3 Å². The zero-order valence-corrected chi connectivity index (χ0v) is 24.7. The quantitative estimate of drug-likeness (QED) is 0.103. The van der Waals surface area contributed by atoms with Gasteiger partial charge in [-0.15, -0.1) is 0 Å². The molecule has 1 fully saturated rings. The molecular formula is C31H22F6N4O8. The van der Waals surface area contributed by atoms with E-state index in [2.05, 4.69) is 0 Å². The van der Waals surface area contributed by atoms with Gasteiger partial charge >= 0.3 is 24.0 Å². The standard InChI is InChI=1S/C31H22F6N4O8/c32-30(33,34)18-5-3-6-19(15-18)38-11-13-39(14-12-38)23-17-27(21(31(35,36)37)16-24(23)41(46)47)48-25-9-1-2-10-26(25)49-28-20(29(42)43)7-4-8-22(28)40(44)45/h1-10,15-17H,11-14H2,(H,42,43). The van der Waals surface area contributed by atoms with E-state index < -0.39 is 79.2 Å². The number of aromatic carboxylic acids is 1. The van der Waals surface area contributed by atoms with Gasteiger partial charge in [0.1, 0.15) is 22.6 Å². The van der Waals surface area contributed by atoms with E-state index in [9.17, 15) is 56.5 Å². The molecule has 4 aromatic carbocycles. The van der Waals surface area contributed by atoms with Crippen LogP contribution in [-0.4, -0.2) is 47.1 Å². The third kappa shape index (κ3) is 7.42. The largest absolute Gasteiger partial charge is 0.478 e. The molecule has 256 valence electrons. The van der Waals surface area contributed by atoms with Gasteiger partial charge in [0.15, 0.2) is 11.5 Å². The fraction of sp³-hybridized carbons (Fsp3) is 0.194. The van der Waals surface area contributed by atoms with Crippen molar-refractivity contribution >= 4 is 28.7 Å². The lowest BCUT2D eigenvalue weighted by Crippen LogP contribution is -2.46. The monoisotopic (exact) mass is 692 g/mol. The summed E-state index contributed by atoms with van der Waals surface area (Å²) in [5, 5.41) is 33.2. The van der Waals surface area contributed by atoms with E-state index in [0.29, 0.717) is 0 Å². The van der Waals surface area contributed by atoms with E-state index in [0.717, 1.165) is 48.5 Å². The zero-order valence-electron chi connectivity index (χ0n) is 24.7. The molecule has 0 radical (unpaired) electrons. The number of piperazine rings is 1. The molecule has 0 atom stereocenters. The first-order chi connectivity index (χ1) is 23.0. The zero-order chi connectivity index (χ0) is 35.7. The summed E-state index contributed by atoms with van der Waals surface area (Å²) >= 11 is 0. The minimum atomic E-state index is -5.18. The van der Waals surface area contributed by atoms with Gasteiger partial charge in [0.2, 0.25) is 5.75 Å². The van der Waals surface area contributed by atoms with Crippen LogP contribution in [0.25, 0.3) is 0 Å². The molecule has 1 N–H and O–H groups in total. The molecule has 18 heteroatoms. The van der Waals surface area contributed by atoms with Crippen LogP contribution in [-0.2, 0) is 12.4 Å². The summed E-state index contributed by atoms with van der Waals surface area (Å²) in [7, 11) is 0. The Kier molecular flexibility index (Phi) is 9.24. The van der Waals surface area contributed by atoms with Crippen LogP contribution in [0.3, 0.4) is 0 Å². The molecule has 1 heterocycles. The van der Waals surface area contributed by atoms with Gasteiger partial charge < -0.3 is 24.4 Å². The average Bonchev–Trinajstić information content (AvgIpc) is 3.04. The van der Waals surface area contributed by atoms with E-state index in [1.165, 1.54) is 29.2 Å². The molecule has 5 rings (SSSR count). The molecule has 0 bridgehead atoms. The number of carboxylic acids is 1. The Bertz CT molecular complexity index is 1890. The predicted octanol–water partition coefficient (Wildman–Crippen LogP) is 8.15. The maximum atomic E-state index is 14.3. The van der Waals surface area contributed by atoms with E-state index in [1.54, 1.807) is 4.90 Å². The molecule has 0 aromatic heterocycles. The van der Waals surface area contributed by atoms with Crippen LogP contribution in [0.2, 0.25) is 0 Å². The van der Waals surface area contributed by atoms with Gasteiger partial charge in [0.05, 0.1) is 15.4 Å². The van der Waals surface area contributed by atoms with Crippen LogP contribution in [0.5, 0.6) is 23.0 Å². The summed E-state index contributed by atoms with van der Waals surface area (Å²) in [6, 6.07) is 13.7. The van der Waals surface area contributed by atoms with Crippen molar-refractivity contribution in [2.24, 2.45) is 0 Å². The number of nitro groups is 2. The Morgan fingerprint density at radius 1 is 0.694 bits per heavy atom. The summed E-state index contributed by atoms with van der Waals surface area (Å²) in [6.07, 6.45) is -9.77. The molecule has 1 aliphatic heterocycles. The van der Waals surface area contributed by atoms with Gasteiger partial charge in [-0.25, -0.2) is 4.79 Å². The minimum absolute atomic E-state index is 0.0305. The highest BCUT2D eigenvalue weighted by Gasteiger charge is 2.39. The van der Waals surface area contributed by atoms with Crippen molar-refractivity contribution in [3.8, 4) is 23.0 Å². The Morgan fingerprint density at radius 2 is 1.29 bits per heavy atom. The summed E-state index contributed by atoms with van der Waals surface area (Å²) in [5.74, 6) is -4.09. The van der Waals surface area contributed by atoms with Gasteiger partial charge in [-0.3, -0.25) is 20.2 Å². The van der Waals surface area contributed by atoms with Crippen molar-refractivity contribution in [3.63, 3.8) is 0 Å². The number of rotatable bonds is 9. The van der Waals surface area contributed by atoms with E-state index in [1.807, 2.05) is 0 Å². The van der Waals surface area contributed by atoms with Crippen LogP contribution in [0.15, 0.2) is 78.9 Å². The molecule has 1 aliphatic rings. The van der Waals surface area contributed by atoms with Crippen LogP contribution in [0, 0.1) is 20.2 Å². The first-order valence-corrected chi connectivity index (χ1v) is 14.1. The second-order valence-electron chi connectivity index (χ2n) is 10.5.